The average molecular weight is 238 g/mol. The number of nitrogens with zero attached hydrogens (tertiary/aromatic N) is 1. The van der Waals surface area contributed by atoms with Crippen molar-refractivity contribution in [3.8, 4) is 0 Å². The van der Waals surface area contributed by atoms with Crippen LogP contribution in [0.15, 0.2) is 16.8 Å². The fourth-order valence-electron chi connectivity index (χ4n) is 2.54. The Balaban J connectivity index is 2.05. The first-order valence-electron chi connectivity index (χ1n) is 6.18. The van der Waals surface area contributed by atoms with E-state index < -0.39 is 0 Å². The van der Waals surface area contributed by atoms with Crippen LogP contribution in [0, 0.1) is 11.8 Å². The molecule has 1 aromatic heterocycles. The summed E-state index contributed by atoms with van der Waals surface area (Å²) >= 11 is 1.77. The predicted molar refractivity (Wildman–Crippen MR) is 70.6 cm³/mol. The van der Waals surface area contributed by atoms with Crippen LogP contribution in [-0.4, -0.2) is 24.5 Å². The van der Waals surface area contributed by atoms with Crippen molar-refractivity contribution in [2.24, 2.45) is 17.6 Å². The fraction of sp³-hybridized carbons (Fsp3) is 0.692. The molecule has 1 fully saturated rings. The number of nitrogens with two attached hydrogens (primary N) is 1. The molecule has 1 aliphatic rings. The molecule has 16 heavy (non-hydrogen) atoms. The summed E-state index contributed by atoms with van der Waals surface area (Å²) in [5.41, 5.74) is 7.34. The molecule has 0 spiro atoms. The van der Waals surface area contributed by atoms with E-state index in [1.165, 1.54) is 25.1 Å². The van der Waals surface area contributed by atoms with Crippen molar-refractivity contribution in [3.05, 3.63) is 22.4 Å². The van der Waals surface area contributed by atoms with Crippen molar-refractivity contribution >= 4 is 11.3 Å². The van der Waals surface area contributed by atoms with E-state index >= 15 is 0 Å². The molecule has 2 heterocycles. The molecule has 1 saturated heterocycles. The van der Waals surface area contributed by atoms with Crippen LogP contribution in [0.25, 0.3) is 0 Å². The van der Waals surface area contributed by atoms with Crippen LogP contribution in [0.4, 0.5) is 0 Å². The highest BCUT2D eigenvalue weighted by Crippen LogP contribution is 2.29. The molecular weight excluding hydrogens is 216 g/mol. The molecule has 0 amide bonds. The van der Waals surface area contributed by atoms with Gasteiger partial charge in [-0.2, -0.15) is 11.3 Å². The summed E-state index contributed by atoms with van der Waals surface area (Å²) in [6, 6.07) is 2.64. The van der Waals surface area contributed by atoms with Crippen LogP contribution >= 0.6 is 11.3 Å². The van der Waals surface area contributed by atoms with Gasteiger partial charge in [-0.1, -0.05) is 13.8 Å². The average Bonchev–Trinajstić information content (AvgIpc) is 2.78. The summed E-state index contributed by atoms with van der Waals surface area (Å²) < 4.78 is 0. The summed E-state index contributed by atoms with van der Waals surface area (Å²) in [6.45, 7) is 7.85. The molecule has 2 rings (SSSR count). The van der Waals surface area contributed by atoms with Crippen LogP contribution in [0.3, 0.4) is 0 Å². The van der Waals surface area contributed by atoms with Gasteiger partial charge in [0.15, 0.2) is 0 Å². The van der Waals surface area contributed by atoms with Gasteiger partial charge in [0.2, 0.25) is 0 Å². The normalized spacial score (nSPS) is 29.2. The van der Waals surface area contributed by atoms with Gasteiger partial charge in [-0.25, -0.2) is 0 Å². The van der Waals surface area contributed by atoms with Crippen LogP contribution in [0.5, 0.6) is 0 Å². The first-order valence-corrected chi connectivity index (χ1v) is 7.13. The minimum absolute atomic E-state index is 0.432. The maximum absolute atomic E-state index is 5.94. The van der Waals surface area contributed by atoms with Crippen molar-refractivity contribution in [2.45, 2.75) is 26.3 Å². The molecular formula is C13H22N2S. The van der Waals surface area contributed by atoms with Gasteiger partial charge in [0.05, 0.1) is 0 Å². The summed E-state index contributed by atoms with van der Waals surface area (Å²) in [5.74, 6) is 1.65. The SMILES string of the molecule is CC1CCN(C(CN)c2ccsc2)CC1C. The van der Waals surface area contributed by atoms with Crippen molar-refractivity contribution in [1.82, 2.24) is 4.90 Å². The fourth-order valence-corrected chi connectivity index (χ4v) is 3.25. The smallest absolute Gasteiger partial charge is 0.0478 e. The molecule has 0 saturated carbocycles. The van der Waals surface area contributed by atoms with Crippen molar-refractivity contribution in [3.63, 3.8) is 0 Å². The lowest BCUT2D eigenvalue weighted by Crippen LogP contribution is -2.42. The third kappa shape index (κ3) is 2.47. The van der Waals surface area contributed by atoms with Gasteiger partial charge in [-0.05, 0) is 47.2 Å². The number of hydrogen-bond donors (Lipinski definition) is 1. The number of thiophene rings is 1. The first-order chi connectivity index (χ1) is 7.72. The van der Waals surface area contributed by atoms with E-state index in [1.54, 1.807) is 11.3 Å². The molecule has 0 radical (unpaired) electrons. The van der Waals surface area contributed by atoms with Gasteiger partial charge in [0, 0.05) is 19.1 Å². The zero-order valence-corrected chi connectivity index (χ0v) is 11.0. The zero-order valence-electron chi connectivity index (χ0n) is 10.2. The first kappa shape index (κ1) is 12.1. The molecule has 2 N–H and O–H groups in total. The minimum Gasteiger partial charge on any atom is -0.329 e. The second-order valence-electron chi connectivity index (χ2n) is 5.05. The van der Waals surface area contributed by atoms with Gasteiger partial charge in [0.1, 0.15) is 0 Å². The molecule has 1 aliphatic heterocycles. The van der Waals surface area contributed by atoms with Crippen LogP contribution in [0.1, 0.15) is 31.9 Å². The molecule has 3 unspecified atom stereocenters. The Hall–Kier alpha value is -0.380. The molecule has 0 aliphatic carbocycles. The topological polar surface area (TPSA) is 29.3 Å². The Morgan fingerprint density at radius 1 is 1.50 bits per heavy atom. The van der Waals surface area contributed by atoms with E-state index in [4.69, 9.17) is 5.73 Å². The number of rotatable bonds is 3. The number of hydrogen-bond acceptors (Lipinski definition) is 3. The van der Waals surface area contributed by atoms with Crippen LogP contribution < -0.4 is 5.73 Å². The highest BCUT2D eigenvalue weighted by Gasteiger charge is 2.27. The van der Waals surface area contributed by atoms with Gasteiger partial charge >= 0.3 is 0 Å². The zero-order chi connectivity index (χ0) is 11.5. The highest BCUT2D eigenvalue weighted by molar-refractivity contribution is 7.07. The summed E-state index contributed by atoms with van der Waals surface area (Å²) in [7, 11) is 0. The summed E-state index contributed by atoms with van der Waals surface area (Å²) in [4.78, 5) is 2.56. The molecule has 3 atom stereocenters. The van der Waals surface area contributed by atoms with E-state index in [2.05, 4.69) is 35.6 Å². The second kappa shape index (κ2) is 5.30. The molecule has 2 nitrogen and oxygen atoms in total. The minimum atomic E-state index is 0.432. The molecule has 90 valence electrons. The highest BCUT2D eigenvalue weighted by atomic mass is 32.1. The third-order valence-corrected chi connectivity index (χ3v) is 4.66. The molecule has 3 heteroatoms. The Kier molecular flexibility index (Phi) is 4.00. The third-order valence-electron chi connectivity index (χ3n) is 3.96. The van der Waals surface area contributed by atoms with E-state index in [-0.39, 0.29) is 0 Å². The van der Waals surface area contributed by atoms with E-state index in [1.807, 2.05) is 0 Å². The van der Waals surface area contributed by atoms with Crippen molar-refractivity contribution in [1.29, 1.82) is 0 Å². The Labute approximate surface area is 102 Å². The molecule has 0 bridgehead atoms. The summed E-state index contributed by atoms with van der Waals surface area (Å²) in [6.07, 6.45) is 1.31. The van der Waals surface area contributed by atoms with Gasteiger partial charge in [0.25, 0.3) is 0 Å². The van der Waals surface area contributed by atoms with E-state index in [9.17, 15) is 0 Å². The van der Waals surface area contributed by atoms with Crippen molar-refractivity contribution in [2.75, 3.05) is 19.6 Å². The Morgan fingerprint density at radius 2 is 2.31 bits per heavy atom. The molecule has 0 aromatic carbocycles. The maximum atomic E-state index is 5.94. The number of likely N-dealkylation sites (tertiary alicyclic amines) is 1. The summed E-state index contributed by atoms with van der Waals surface area (Å²) in [5, 5.41) is 4.38. The van der Waals surface area contributed by atoms with Gasteiger partial charge in [-0.15, -0.1) is 0 Å². The lowest BCUT2D eigenvalue weighted by Gasteiger charge is -2.39. The maximum Gasteiger partial charge on any atom is 0.0478 e. The van der Waals surface area contributed by atoms with Crippen LogP contribution in [0.2, 0.25) is 0 Å². The standard InChI is InChI=1S/C13H22N2S/c1-10-3-5-15(8-11(10)2)13(7-14)12-4-6-16-9-12/h4,6,9-11,13H,3,5,7-8,14H2,1-2H3. The Morgan fingerprint density at radius 3 is 2.88 bits per heavy atom. The molecule has 1 aromatic rings. The Bertz CT molecular complexity index is 310. The van der Waals surface area contributed by atoms with Crippen molar-refractivity contribution < 1.29 is 0 Å². The van der Waals surface area contributed by atoms with Gasteiger partial charge in [-0.3, -0.25) is 4.90 Å². The predicted octanol–water partition coefficient (Wildman–Crippen LogP) is 2.73. The largest absolute Gasteiger partial charge is 0.329 e. The van der Waals surface area contributed by atoms with E-state index in [0.29, 0.717) is 6.04 Å². The second-order valence-corrected chi connectivity index (χ2v) is 5.83. The lowest BCUT2D eigenvalue weighted by atomic mass is 9.87. The van der Waals surface area contributed by atoms with Gasteiger partial charge < -0.3 is 5.73 Å². The van der Waals surface area contributed by atoms with Crippen LogP contribution in [-0.2, 0) is 0 Å². The quantitative estimate of drug-likeness (QED) is 0.877. The monoisotopic (exact) mass is 238 g/mol. The lowest BCUT2D eigenvalue weighted by molar-refractivity contribution is 0.0985. The van der Waals surface area contributed by atoms with E-state index in [0.717, 1.165) is 18.4 Å². The number of piperidine rings is 1.